The van der Waals surface area contributed by atoms with Crippen molar-refractivity contribution >= 4 is 29.8 Å². The van der Waals surface area contributed by atoms with Crippen molar-refractivity contribution in [3.63, 3.8) is 0 Å². The summed E-state index contributed by atoms with van der Waals surface area (Å²) in [5, 5.41) is 27.9. The zero-order valence-corrected chi connectivity index (χ0v) is 25.6. The lowest BCUT2D eigenvalue weighted by Gasteiger charge is -2.41. The standard InChI is InChI=1S/C31H51N5O7/c1-20-4-2-3-5-25(20)34-31(43)33-23-8-6-21(7-9-23)16-27(37)32-24-10-11-26-22(17-24)18-36(15-13-30(41)42)28(38)19-35(26)14-12-29(39)40/h20-26H,2-19H2,1H3,(H,32,37)(H,39,40)(H,41,42)(H2,33,34,43). The fourth-order valence-electron chi connectivity index (χ4n) is 7.75. The molecule has 1 heterocycles. The molecule has 12 nitrogen and oxygen atoms in total. The smallest absolute Gasteiger partial charge is 0.315 e. The fourth-order valence-corrected chi connectivity index (χ4v) is 7.75. The van der Waals surface area contributed by atoms with E-state index >= 15 is 0 Å². The molecule has 12 heteroatoms. The third kappa shape index (κ3) is 10.1. The van der Waals surface area contributed by atoms with Crippen LogP contribution in [0.1, 0.15) is 96.8 Å². The Morgan fingerprint density at radius 1 is 0.814 bits per heavy atom. The van der Waals surface area contributed by atoms with Crippen molar-refractivity contribution in [2.45, 2.75) is 121 Å². The van der Waals surface area contributed by atoms with Crippen molar-refractivity contribution in [1.29, 1.82) is 0 Å². The lowest BCUT2D eigenvalue weighted by atomic mass is 9.80. The third-order valence-corrected chi connectivity index (χ3v) is 10.2. The highest BCUT2D eigenvalue weighted by Gasteiger charge is 2.40. The Hall–Kier alpha value is -2.89. The summed E-state index contributed by atoms with van der Waals surface area (Å²) < 4.78 is 0. The maximum absolute atomic E-state index is 13.1. The molecule has 4 rings (SSSR count). The lowest BCUT2D eigenvalue weighted by Crippen LogP contribution is -2.50. The van der Waals surface area contributed by atoms with E-state index in [4.69, 9.17) is 5.11 Å². The van der Waals surface area contributed by atoms with Gasteiger partial charge in [0, 0.05) is 50.2 Å². The molecule has 4 fully saturated rings. The van der Waals surface area contributed by atoms with Gasteiger partial charge in [0.15, 0.2) is 0 Å². The Morgan fingerprint density at radius 2 is 1.49 bits per heavy atom. The van der Waals surface area contributed by atoms with Crippen LogP contribution >= 0.6 is 0 Å². The van der Waals surface area contributed by atoms with E-state index in [1.54, 1.807) is 4.90 Å². The summed E-state index contributed by atoms with van der Waals surface area (Å²) in [5.41, 5.74) is 0. The molecule has 3 saturated carbocycles. The van der Waals surface area contributed by atoms with Crippen LogP contribution in [-0.4, -0.2) is 100 Å². The largest absolute Gasteiger partial charge is 0.481 e. The van der Waals surface area contributed by atoms with E-state index in [-0.39, 0.29) is 86.3 Å². The lowest BCUT2D eigenvalue weighted by molar-refractivity contribution is -0.140. The van der Waals surface area contributed by atoms with E-state index in [9.17, 15) is 29.1 Å². The van der Waals surface area contributed by atoms with E-state index in [0.717, 1.165) is 51.4 Å². The Morgan fingerprint density at radius 3 is 2.19 bits per heavy atom. The molecule has 5 unspecified atom stereocenters. The Kier molecular flexibility index (Phi) is 12.1. The Balaban J connectivity index is 1.23. The average Bonchev–Trinajstić information content (AvgIpc) is 3.08. The number of carbonyl (C=O) groups excluding carboxylic acids is 3. The quantitative estimate of drug-likeness (QED) is 0.239. The number of fused-ring (bicyclic) bond motifs is 1. The molecule has 1 aliphatic heterocycles. The molecule has 0 radical (unpaired) electrons. The van der Waals surface area contributed by atoms with Crippen molar-refractivity contribution in [2.24, 2.45) is 17.8 Å². The van der Waals surface area contributed by atoms with Gasteiger partial charge in [-0.05, 0) is 75.5 Å². The van der Waals surface area contributed by atoms with Gasteiger partial charge in [0.2, 0.25) is 11.8 Å². The van der Waals surface area contributed by atoms with Gasteiger partial charge in [-0.2, -0.15) is 0 Å². The normalized spacial score (nSPS) is 31.8. The van der Waals surface area contributed by atoms with Crippen LogP contribution in [0.15, 0.2) is 0 Å². The van der Waals surface area contributed by atoms with Crippen LogP contribution in [0.2, 0.25) is 0 Å². The minimum atomic E-state index is -0.965. The first-order chi connectivity index (χ1) is 20.6. The number of carbonyl (C=O) groups is 5. The number of aliphatic carboxylic acids is 2. The van der Waals surface area contributed by atoms with Crippen molar-refractivity contribution in [1.82, 2.24) is 25.8 Å². The molecule has 4 aliphatic rings. The number of urea groups is 1. The molecule has 5 atom stereocenters. The van der Waals surface area contributed by atoms with Crippen molar-refractivity contribution in [2.75, 3.05) is 26.2 Å². The molecule has 0 aromatic carbocycles. The molecule has 1 saturated heterocycles. The first kappa shape index (κ1) is 33.0. The maximum atomic E-state index is 13.1. The molecule has 0 bridgehead atoms. The summed E-state index contributed by atoms with van der Waals surface area (Å²) in [6.07, 6.45) is 10.6. The number of carboxylic acids is 2. The first-order valence-corrected chi connectivity index (χ1v) is 16.4. The third-order valence-electron chi connectivity index (χ3n) is 10.2. The van der Waals surface area contributed by atoms with Gasteiger partial charge in [-0.1, -0.05) is 19.8 Å². The van der Waals surface area contributed by atoms with Gasteiger partial charge >= 0.3 is 18.0 Å². The summed E-state index contributed by atoms with van der Waals surface area (Å²) in [5.74, 6) is -1.21. The van der Waals surface area contributed by atoms with Gasteiger partial charge < -0.3 is 31.1 Å². The van der Waals surface area contributed by atoms with E-state index in [1.165, 1.54) is 12.8 Å². The van der Waals surface area contributed by atoms with Crippen molar-refractivity contribution in [3.05, 3.63) is 0 Å². The molecule has 43 heavy (non-hydrogen) atoms. The number of nitrogens with one attached hydrogen (secondary N) is 3. The average molecular weight is 606 g/mol. The number of carboxylic acid groups (broad SMARTS) is 2. The SMILES string of the molecule is CC1CCCCC1NC(=O)NC1CCC(CC(=O)NC2CCC3C(C2)CN(CCC(=O)O)C(=O)CN3CCC(=O)O)CC1. The van der Waals surface area contributed by atoms with Crippen LogP contribution in [0.4, 0.5) is 4.79 Å². The molecular formula is C31H51N5O7. The van der Waals surface area contributed by atoms with E-state index in [2.05, 4.69) is 22.9 Å². The van der Waals surface area contributed by atoms with E-state index < -0.39 is 11.9 Å². The number of nitrogens with zero attached hydrogens (tertiary/aromatic N) is 2. The summed E-state index contributed by atoms with van der Waals surface area (Å²) >= 11 is 0. The van der Waals surface area contributed by atoms with Crippen LogP contribution in [-0.2, 0) is 19.2 Å². The van der Waals surface area contributed by atoms with Gasteiger partial charge in [-0.3, -0.25) is 24.1 Å². The molecule has 0 spiro atoms. The molecule has 5 N–H and O–H groups in total. The molecule has 242 valence electrons. The monoisotopic (exact) mass is 605 g/mol. The number of rotatable bonds is 11. The van der Waals surface area contributed by atoms with Gasteiger partial charge in [0.25, 0.3) is 0 Å². The summed E-state index contributed by atoms with van der Waals surface area (Å²) in [7, 11) is 0. The van der Waals surface area contributed by atoms with Gasteiger partial charge in [-0.15, -0.1) is 0 Å². The topological polar surface area (TPSA) is 168 Å². The number of hydrogen-bond donors (Lipinski definition) is 5. The Bertz CT molecular complexity index is 1000. The highest BCUT2D eigenvalue weighted by atomic mass is 16.4. The number of hydrogen-bond acceptors (Lipinski definition) is 6. The summed E-state index contributed by atoms with van der Waals surface area (Å²) in [6, 6.07) is 0.308. The van der Waals surface area contributed by atoms with E-state index in [0.29, 0.717) is 25.3 Å². The molecule has 3 aliphatic carbocycles. The zero-order valence-electron chi connectivity index (χ0n) is 25.6. The zero-order chi connectivity index (χ0) is 30.9. The van der Waals surface area contributed by atoms with Crippen molar-refractivity contribution in [3.8, 4) is 0 Å². The molecular weight excluding hydrogens is 554 g/mol. The minimum absolute atomic E-state index is 0.0209. The second-order valence-corrected chi connectivity index (χ2v) is 13.4. The van der Waals surface area contributed by atoms with Gasteiger partial charge in [0.1, 0.15) is 0 Å². The predicted molar refractivity (Wildman–Crippen MR) is 159 cm³/mol. The van der Waals surface area contributed by atoms with Crippen LogP contribution < -0.4 is 16.0 Å². The first-order valence-electron chi connectivity index (χ1n) is 16.4. The van der Waals surface area contributed by atoms with Gasteiger partial charge in [-0.25, -0.2) is 4.79 Å². The maximum Gasteiger partial charge on any atom is 0.315 e. The van der Waals surface area contributed by atoms with Gasteiger partial charge in [0.05, 0.1) is 19.4 Å². The number of amides is 4. The van der Waals surface area contributed by atoms with Crippen LogP contribution in [0.3, 0.4) is 0 Å². The summed E-state index contributed by atoms with van der Waals surface area (Å²) in [6.45, 7) is 3.10. The predicted octanol–water partition coefficient (Wildman–Crippen LogP) is 2.56. The molecule has 4 amide bonds. The van der Waals surface area contributed by atoms with Crippen LogP contribution in [0.5, 0.6) is 0 Å². The fraction of sp³-hybridized carbons (Fsp3) is 0.839. The van der Waals surface area contributed by atoms with Crippen LogP contribution in [0.25, 0.3) is 0 Å². The Labute approximate surface area is 254 Å². The molecule has 0 aromatic heterocycles. The minimum Gasteiger partial charge on any atom is -0.481 e. The highest BCUT2D eigenvalue weighted by molar-refractivity contribution is 5.79. The van der Waals surface area contributed by atoms with E-state index in [1.807, 2.05) is 4.90 Å². The van der Waals surface area contributed by atoms with Crippen LogP contribution in [0, 0.1) is 17.8 Å². The molecule has 0 aromatic rings. The highest BCUT2D eigenvalue weighted by Crippen LogP contribution is 2.33. The summed E-state index contributed by atoms with van der Waals surface area (Å²) in [4.78, 5) is 64.5. The second kappa shape index (κ2) is 15.7. The second-order valence-electron chi connectivity index (χ2n) is 13.4. The van der Waals surface area contributed by atoms with Crippen molar-refractivity contribution < 1.29 is 34.2 Å².